The molecule has 0 saturated carbocycles. The van der Waals surface area contributed by atoms with Gasteiger partial charge in [0.05, 0.1) is 0 Å². The van der Waals surface area contributed by atoms with Gasteiger partial charge in [0.15, 0.2) is 0 Å². The zero-order valence-corrected chi connectivity index (χ0v) is 23.0. The fourth-order valence-corrected chi connectivity index (χ4v) is 0.279. The summed E-state index contributed by atoms with van der Waals surface area (Å²) in [5, 5.41) is 0. The average molecular weight is 816 g/mol. The Morgan fingerprint density at radius 1 is 0.469 bits per heavy atom. The van der Waals surface area contributed by atoms with E-state index in [4.69, 9.17) is 6.42 Å². The third-order valence-electron chi connectivity index (χ3n) is 0.675. The summed E-state index contributed by atoms with van der Waals surface area (Å²) in [7, 11) is -24.7. The summed E-state index contributed by atoms with van der Waals surface area (Å²) < 4.78 is 175. The van der Waals surface area contributed by atoms with E-state index in [9.17, 15) is 75.5 Å². The predicted octanol–water partition coefficient (Wildman–Crippen LogP) is 14.5. The Kier molecular flexibility index (Phi) is 109. The van der Waals surface area contributed by atoms with E-state index in [-0.39, 0.29) is 39.0 Å². The van der Waals surface area contributed by atoms with Crippen LogP contribution in [0, 0.1) is 12.3 Å². The van der Waals surface area contributed by atoms with E-state index >= 15 is 0 Å². The molecule has 0 nitrogen and oxygen atoms in total. The molecular weight excluding hydrogens is 806 g/mol. The number of hydrogen-bond donors (Lipinski definition) is 0. The molecule has 0 bridgehead atoms. The van der Waals surface area contributed by atoms with Crippen molar-refractivity contribution in [2.45, 2.75) is 26.2 Å². The van der Waals surface area contributed by atoms with Crippen molar-refractivity contribution in [2.24, 2.45) is 0 Å². The van der Waals surface area contributed by atoms with Crippen LogP contribution in [0.3, 0.4) is 0 Å². The van der Waals surface area contributed by atoms with Crippen molar-refractivity contribution in [3.8, 4) is 12.3 Å². The molecule has 0 aliphatic carbocycles. The molecular formula is C6H10F18P6Rh2. The van der Waals surface area contributed by atoms with Crippen LogP contribution in [0.15, 0.2) is 0 Å². The van der Waals surface area contributed by atoms with Crippen LogP contribution in [0.4, 0.5) is 75.5 Å². The third-order valence-corrected chi connectivity index (χ3v) is 0.675. The topological polar surface area (TPSA) is 0 Å². The van der Waals surface area contributed by atoms with Gasteiger partial charge in [0.2, 0.25) is 0 Å². The quantitative estimate of drug-likeness (QED) is 0.0856. The van der Waals surface area contributed by atoms with Gasteiger partial charge < -0.3 is 0 Å². The molecule has 208 valence electrons. The largest absolute Gasteiger partial charge is 0.456 e. The second-order valence-electron chi connectivity index (χ2n) is 2.46. The monoisotopic (exact) mass is 816 g/mol. The molecule has 0 unspecified atom stereocenters. The Bertz CT molecular complexity index is 224. The van der Waals surface area contributed by atoms with Crippen LogP contribution in [0.2, 0.25) is 0 Å². The molecule has 2 radical (unpaired) electrons. The number of halogens is 18. The van der Waals surface area contributed by atoms with Crippen LogP contribution in [-0.4, -0.2) is 0 Å². The van der Waals surface area contributed by atoms with Crippen molar-refractivity contribution < 1.29 is 115 Å². The maximum Gasteiger partial charge on any atom is 0.456 e. The summed E-state index contributed by atoms with van der Waals surface area (Å²) in [4.78, 5) is 0. The van der Waals surface area contributed by atoms with Crippen LogP contribution in [0.5, 0.6) is 0 Å². The van der Waals surface area contributed by atoms with E-state index in [0.29, 0.717) is 0 Å². The molecule has 0 aromatic rings. The first-order valence-electron chi connectivity index (χ1n) is 5.39. The SMILES string of the molecule is C#CCCCC.FP(F)F.FP(F)F.FP(F)F.FP(F)F.FP(F)F.FP(F)F.[Rh].[Rh]. The molecule has 0 rings (SSSR count). The Balaban J connectivity index is -0.0000000274. The van der Waals surface area contributed by atoms with E-state index in [1.807, 2.05) is 0 Å². The van der Waals surface area contributed by atoms with Crippen molar-refractivity contribution >= 4 is 53.1 Å². The Morgan fingerprint density at radius 2 is 0.594 bits per heavy atom. The second-order valence-corrected chi connectivity index (χ2v) is 4.76. The first-order chi connectivity index (χ1) is 13.3. The third kappa shape index (κ3) is 1180. The summed E-state index contributed by atoms with van der Waals surface area (Å²) in [6, 6.07) is 0. The van der Waals surface area contributed by atoms with Crippen molar-refractivity contribution in [1.82, 2.24) is 0 Å². The normalized spacial score (nSPS) is 8.12. The summed E-state index contributed by atoms with van der Waals surface area (Å²) in [6.07, 6.45) is 8.30. The molecule has 0 N–H and O–H groups in total. The zero-order chi connectivity index (χ0) is 26.3. The minimum Gasteiger partial charge on any atom is -0.152 e. The summed E-state index contributed by atoms with van der Waals surface area (Å²) in [5.41, 5.74) is 0. The Morgan fingerprint density at radius 3 is 0.625 bits per heavy atom. The van der Waals surface area contributed by atoms with E-state index in [0.717, 1.165) is 6.42 Å². The van der Waals surface area contributed by atoms with E-state index in [1.54, 1.807) is 0 Å². The Labute approximate surface area is 206 Å². The van der Waals surface area contributed by atoms with Crippen LogP contribution in [0.25, 0.3) is 0 Å². The molecule has 0 fully saturated rings. The fourth-order valence-electron chi connectivity index (χ4n) is 0.279. The van der Waals surface area contributed by atoms with Gasteiger partial charge in [0.1, 0.15) is 0 Å². The van der Waals surface area contributed by atoms with Crippen molar-refractivity contribution in [1.29, 1.82) is 0 Å². The Hall–Kier alpha value is 2.13. The predicted molar refractivity (Wildman–Crippen MR) is 89.8 cm³/mol. The van der Waals surface area contributed by atoms with Gasteiger partial charge in [0.25, 0.3) is 0 Å². The number of unbranched alkanes of at least 4 members (excludes halogenated alkanes) is 2. The maximum atomic E-state index is 9.73. The molecule has 0 aromatic carbocycles. The van der Waals surface area contributed by atoms with E-state index in [1.165, 1.54) is 12.8 Å². The summed E-state index contributed by atoms with van der Waals surface area (Å²) in [6.45, 7) is 2.14. The average Bonchev–Trinajstić information content (AvgIpc) is 2.41. The van der Waals surface area contributed by atoms with E-state index < -0.39 is 53.1 Å². The summed E-state index contributed by atoms with van der Waals surface area (Å²) in [5.74, 6) is 2.57. The molecule has 0 atom stereocenters. The zero-order valence-electron chi connectivity index (χ0n) is 14.4. The molecule has 0 aromatic heterocycles. The molecule has 32 heavy (non-hydrogen) atoms. The van der Waals surface area contributed by atoms with Gasteiger partial charge in [-0.15, -0.1) is 12.3 Å². The maximum absolute atomic E-state index is 9.73. The number of terminal acetylenes is 1. The number of rotatable bonds is 2. The minimum atomic E-state index is -4.12. The molecule has 26 heteroatoms. The minimum absolute atomic E-state index is 0. The van der Waals surface area contributed by atoms with Crippen molar-refractivity contribution in [3.05, 3.63) is 0 Å². The van der Waals surface area contributed by atoms with Gasteiger partial charge in [-0.25, -0.2) is 0 Å². The van der Waals surface area contributed by atoms with Crippen molar-refractivity contribution in [3.63, 3.8) is 0 Å². The molecule has 0 spiro atoms. The van der Waals surface area contributed by atoms with Gasteiger partial charge in [0, 0.05) is 45.4 Å². The van der Waals surface area contributed by atoms with Gasteiger partial charge in [-0.05, 0) is 6.42 Å². The molecule has 0 heterocycles. The van der Waals surface area contributed by atoms with Crippen molar-refractivity contribution in [2.75, 3.05) is 0 Å². The smallest absolute Gasteiger partial charge is 0.152 e. The van der Waals surface area contributed by atoms with Gasteiger partial charge >= 0.3 is 53.1 Å². The second kappa shape index (κ2) is 58.7. The van der Waals surface area contributed by atoms with Gasteiger partial charge in [-0.1, -0.05) is 13.3 Å². The first-order valence-corrected chi connectivity index (χ1v) is 11.5. The fraction of sp³-hybridized carbons (Fsp3) is 0.667. The molecule has 0 saturated heterocycles. The first kappa shape index (κ1) is 59.3. The van der Waals surface area contributed by atoms with Gasteiger partial charge in [-0.3, -0.25) is 0 Å². The van der Waals surface area contributed by atoms with Crippen LogP contribution in [-0.2, 0) is 39.0 Å². The molecule has 0 amide bonds. The van der Waals surface area contributed by atoms with Crippen LogP contribution < -0.4 is 0 Å². The van der Waals surface area contributed by atoms with Crippen LogP contribution >= 0.6 is 53.1 Å². The van der Waals surface area contributed by atoms with Crippen LogP contribution in [0.1, 0.15) is 26.2 Å². The number of hydrogen-bond acceptors (Lipinski definition) is 0. The molecule has 0 aliphatic heterocycles. The van der Waals surface area contributed by atoms with E-state index in [2.05, 4.69) is 12.8 Å². The molecule has 0 aliphatic rings. The van der Waals surface area contributed by atoms with Gasteiger partial charge in [-0.2, -0.15) is 75.5 Å². The standard InChI is InChI=1S/C6H10.6F3P.2Rh/c1-3-5-6-4-2;6*1-4(2)3;;/h1H,4-6H2,2H3;;;;;;;;. The summed E-state index contributed by atoms with van der Waals surface area (Å²) >= 11 is 0.